The molecule has 0 aromatic heterocycles. The van der Waals surface area contributed by atoms with Crippen molar-refractivity contribution in [3.63, 3.8) is 0 Å². The van der Waals surface area contributed by atoms with Crippen LogP contribution in [0, 0.1) is 0 Å². The van der Waals surface area contributed by atoms with E-state index in [-0.39, 0.29) is 24.3 Å². The zero-order valence-electron chi connectivity index (χ0n) is 17.7. The number of halogens is 1. The van der Waals surface area contributed by atoms with E-state index in [4.69, 9.17) is 16.3 Å². The molecule has 2 aliphatic heterocycles. The number of hydrogen-bond donors (Lipinski definition) is 3. The number of amides is 3. The Bertz CT molecular complexity index is 1090. The van der Waals surface area contributed by atoms with Crippen molar-refractivity contribution in [3.8, 4) is 16.9 Å². The first-order chi connectivity index (χ1) is 15.3. The minimum atomic E-state index is -1.14. The molecule has 2 aromatic rings. The number of rotatable bonds is 4. The number of aliphatic hydroxyl groups excluding tert-OH is 1. The van der Waals surface area contributed by atoms with Crippen molar-refractivity contribution in [2.24, 2.45) is 0 Å². The van der Waals surface area contributed by atoms with Crippen molar-refractivity contribution >= 4 is 35.0 Å². The third-order valence-electron chi connectivity index (χ3n) is 5.87. The predicted octanol–water partition coefficient (Wildman–Crippen LogP) is 2.44. The number of piperidine rings is 1. The van der Waals surface area contributed by atoms with Crippen LogP contribution in [0.25, 0.3) is 11.1 Å². The second-order valence-electron chi connectivity index (χ2n) is 8.01. The first-order valence-corrected chi connectivity index (χ1v) is 10.7. The molecule has 0 radical (unpaired) electrons. The van der Waals surface area contributed by atoms with Crippen molar-refractivity contribution in [1.29, 1.82) is 0 Å². The highest BCUT2D eigenvalue weighted by atomic mass is 35.5. The molecule has 4 rings (SSSR count). The normalized spacial score (nSPS) is 21.1. The minimum absolute atomic E-state index is 0.258. The minimum Gasteiger partial charge on any atom is -0.496 e. The summed E-state index contributed by atoms with van der Waals surface area (Å²) >= 11 is 6.17. The van der Waals surface area contributed by atoms with Crippen molar-refractivity contribution in [2.45, 2.75) is 38.0 Å². The topological polar surface area (TPSA) is 108 Å². The van der Waals surface area contributed by atoms with Crippen LogP contribution in [0.15, 0.2) is 36.4 Å². The molecule has 168 valence electrons. The summed E-state index contributed by atoms with van der Waals surface area (Å²) in [5, 5.41) is 15.6. The average molecular weight is 458 g/mol. The molecule has 1 fully saturated rings. The highest BCUT2D eigenvalue weighted by molar-refractivity contribution is 6.31. The van der Waals surface area contributed by atoms with Crippen molar-refractivity contribution in [1.82, 2.24) is 10.2 Å². The fourth-order valence-corrected chi connectivity index (χ4v) is 4.36. The number of fused-ring (bicyclic) bond motifs is 2. The van der Waals surface area contributed by atoms with Gasteiger partial charge >= 0.3 is 0 Å². The van der Waals surface area contributed by atoms with E-state index < -0.39 is 18.1 Å². The van der Waals surface area contributed by atoms with Crippen LogP contribution in [-0.4, -0.2) is 59.6 Å². The van der Waals surface area contributed by atoms with E-state index in [9.17, 15) is 19.5 Å². The Morgan fingerprint density at radius 2 is 2.03 bits per heavy atom. The lowest BCUT2D eigenvalue weighted by molar-refractivity contribution is -0.130. The average Bonchev–Trinajstić information content (AvgIpc) is 2.88. The van der Waals surface area contributed by atoms with Gasteiger partial charge in [-0.25, -0.2) is 0 Å². The third-order valence-corrected chi connectivity index (χ3v) is 6.11. The lowest BCUT2D eigenvalue weighted by Crippen LogP contribution is -2.55. The molecule has 8 nitrogen and oxygen atoms in total. The summed E-state index contributed by atoms with van der Waals surface area (Å²) in [5.41, 5.74) is 2.29. The number of ether oxygens (including phenoxy) is 1. The zero-order valence-corrected chi connectivity index (χ0v) is 18.5. The molecule has 0 aliphatic carbocycles. The Morgan fingerprint density at radius 3 is 2.75 bits per heavy atom. The fraction of sp³-hybridized carbons (Fsp3) is 0.348. The van der Waals surface area contributed by atoms with Gasteiger partial charge in [0, 0.05) is 23.2 Å². The summed E-state index contributed by atoms with van der Waals surface area (Å²) in [6.45, 7) is 1.70. The Balaban J connectivity index is 1.64. The first kappa shape index (κ1) is 22.1. The maximum Gasteiger partial charge on any atom is 0.256 e. The van der Waals surface area contributed by atoms with Gasteiger partial charge in [-0.2, -0.15) is 0 Å². The van der Waals surface area contributed by atoms with Gasteiger partial charge in [-0.3, -0.25) is 14.4 Å². The summed E-state index contributed by atoms with van der Waals surface area (Å²) in [4.78, 5) is 39.7. The number of anilines is 1. The molecule has 0 bridgehead atoms. The monoisotopic (exact) mass is 457 g/mol. The Morgan fingerprint density at radius 1 is 1.25 bits per heavy atom. The second kappa shape index (κ2) is 8.80. The first-order valence-electron chi connectivity index (χ1n) is 10.4. The van der Waals surface area contributed by atoms with Gasteiger partial charge in [0.2, 0.25) is 11.8 Å². The van der Waals surface area contributed by atoms with Crippen molar-refractivity contribution < 1.29 is 24.2 Å². The summed E-state index contributed by atoms with van der Waals surface area (Å²) < 4.78 is 5.44. The molecular weight excluding hydrogens is 434 g/mol. The maximum absolute atomic E-state index is 13.4. The van der Waals surface area contributed by atoms with E-state index in [0.29, 0.717) is 35.0 Å². The van der Waals surface area contributed by atoms with Gasteiger partial charge in [0.1, 0.15) is 17.9 Å². The van der Waals surface area contributed by atoms with E-state index in [1.807, 2.05) is 0 Å². The smallest absolute Gasteiger partial charge is 0.256 e. The molecule has 3 amide bonds. The molecule has 0 unspecified atom stereocenters. The van der Waals surface area contributed by atoms with Crippen molar-refractivity contribution in [2.75, 3.05) is 19.0 Å². The second-order valence-corrected chi connectivity index (χ2v) is 8.45. The Kier molecular flexibility index (Phi) is 6.08. The Hall–Kier alpha value is -3.10. The molecule has 3 atom stereocenters. The summed E-state index contributed by atoms with van der Waals surface area (Å²) in [7, 11) is 1.56. The predicted molar refractivity (Wildman–Crippen MR) is 120 cm³/mol. The highest BCUT2D eigenvalue weighted by Gasteiger charge is 2.40. The lowest BCUT2D eigenvalue weighted by Gasteiger charge is -2.37. The molecule has 32 heavy (non-hydrogen) atoms. The standard InChI is InChI=1S/C23H24ClN3O5/c1-12(28)21(29)25-15-7-8-27-19(11-15)22(30)26-18-5-3-13(9-17(18)23(27)31)16-10-14(24)4-6-20(16)32-2/h3-6,9-10,12,15,19,28H,7-8,11H2,1-2H3,(H,25,29)(H,26,30)/t12-,15-,19-/m0/s1. The van der Waals surface area contributed by atoms with E-state index >= 15 is 0 Å². The van der Waals surface area contributed by atoms with Crippen LogP contribution in [0.4, 0.5) is 5.69 Å². The summed E-state index contributed by atoms with van der Waals surface area (Å²) in [6.07, 6.45) is -0.367. The van der Waals surface area contributed by atoms with Crippen LogP contribution in [0.2, 0.25) is 5.02 Å². The molecule has 2 heterocycles. The molecule has 2 aliphatic rings. The maximum atomic E-state index is 13.4. The lowest BCUT2D eigenvalue weighted by atomic mass is 9.95. The van der Waals surface area contributed by atoms with Crippen LogP contribution in [0.1, 0.15) is 30.1 Å². The SMILES string of the molecule is COc1ccc(Cl)cc1-c1ccc2c(c1)C(=O)N1CC[C@H](NC(=O)[C@H](C)O)C[C@H]1C(=O)N2. The number of hydrogen-bond acceptors (Lipinski definition) is 5. The van der Waals surface area contributed by atoms with Gasteiger partial charge in [0.25, 0.3) is 5.91 Å². The number of carbonyl (C=O) groups excluding carboxylic acids is 3. The van der Waals surface area contributed by atoms with Gasteiger partial charge in [-0.05, 0) is 55.7 Å². The van der Waals surface area contributed by atoms with Crippen molar-refractivity contribution in [3.05, 3.63) is 47.0 Å². The van der Waals surface area contributed by atoms with E-state index in [0.717, 1.165) is 11.1 Å². The molecular formula is C23H24ClN3O5. The number of methoxy groups -OCH3 is 1. The quantitative estimate of drug-likeness (QED) is 0.653. The Labute approximate surface area is 190 Å². The van der Waals surface area contributed by atoms with Gasteiger partial charge in [0.05, 0.1) is 18.4 Å². The number of benzene rings is 2. The third kappa shape index (κ3) is 4.16. The van der Waals surface area contributed by atoms with Gasteiger partial charge < -0.3 is 25.4 Å². The zero-order chi connectivity index (χ0) is 23.0. The van der Waals surface area contributed by atoms with Crippen LogP contribution < -0.4 is 15.4 Å². The molecule has 0 saturated carbocycles. The van der Waals surface area contributed by atoms with Gasteiger partial charge in [-0.1, -0.05) is 17.7 Å². The molecule has 9 heteroatoms. The van der Waals surface area contributed by atoms with Crippen LogP contribution in [0.5, 0.6) is 5.75 Å². The van der Waals surface area contributed by atoms with Gasteiger partial charge in [-0.15, -0.1) is 0 Å². The molecule has 2 aromatic carbocycles. The summed E-state index contributed by atoms with van der Waals surface area (Å²) in [5.74, 6) is -0.438. The number of nitrogens with zero attached hydrogens (tertiary/aromatic N) is 1. The molecule has 0 spiro atoms. The number of nitrogens with one attached hydrogen (secondary N) is 2. The van der Waals surface area contributed by atoms with Crippen LogP contribution in [0.3, 0.4) is 0 Å². The molecule has 1 saturated heterocycles. The highest BCUT2D eigenvalue weighted by Crippen LogP contribution is 2.36. The van der Waals surface area contributed by atoms with E-state index in [1.165, 1.54) is 6.92 Å². The fourth-order valence-electron chi connectivity index (χ4n) is 4.18. The number of aliphatic hydroxyl groups is 1. The van der Waals surface area contributed by atoms with Crippen LogP contribution >= 0.6 is 11.6 Å². The van der Waals surface area contributed by atoms with E-state index in [2.05, 4.69) is 10.6 Å². The molecule has 3 N–H and O–H groups in total. The summed E-state index contributed by atoms with van der Waals surface area (Å²) in [6, 6.07) is 9.47. The largest absolute Gasteiger partial charge is 0.496 e. The number of carbonyl (C=O) groups is 3. The van der Waals surface area contributed by atoms with E-state index in [1.54, 1.807) is 48.4 Å². The van der Waals surface area contributed by atoms with Crippen LogP contribution in [-0.2, 0) is 9.59 Å². The van der Waals surface area contributed by atoms with Gasteiger partial charge in [0.15, 0.2) is 0 Å².